The molecule has 1 unspecified atom stereocenters. The molecule has 1 atom stereocenters. The number of carbonyl (C=O) groups is 1. The summed E-state index contributed by atoms with van der Waals surface area (Å²) >= 11 is 0. The van der Waals surface area contributed by atoms with E-state index >= 15 is 0 Å². The van der Waals surface area contributed by atoms with Gasteiger partial charge in [0.2, 0.25) is 0 Å². The first-order valence-corrected chi connectivity index (χ1v) is 6.43. The van der Waals surface area contributed by atoms with Gasteiger partial charge in [-0.25, -0.2) is 4.79 Å². The molecule has 1 heterocycles. The first-order valence-electron chi connectivity index (χ1n) is 6.43. The van der Waals surface area contributed by atoms with Crippen LogP contribution in [-0.2, 0) is 4.79 Å². The fourth-order valence-corrected chi connectivity index (χ4v) is 2.60. The summed E-state index contributed by atoms with van der Waals surface area (Å²) in [4.78, 5) is 15.4. The van der Waals surface area contributed by atoms with Crippen LogP contribution >= 0.6 is 0 Å². The predicted octanol–water partition coefficient (Wildman–Crippen LogP) is 1.43. The Hall–Kier alpha value is -0.870. The highest BCUT2D eigenvalue weighted by molar-refractivity contribution is 5.80. The van der Waals surface area contributed by atoms with Gasteiger partial charge in [0, 0.05) is 31.8 Å². The topological polar surface area (TPSA) is 43.8 Å². The van der Waals surface area contributed by atoms with E-state index in [1.165, 1.54) is 12.5 Å². The van der Waals surface area contributed by atoms with E-state index in [1.54, 1.807) is 0 Å². The second-order valence-corrected chi connectivity index (χ2v) is 4.73. The summed E-state index contributed by atoms with van der Waals surface area (Å²) < 4.78 is 0. The molecule has 0 spiro atoms. The van der Waals surface area contributed by atoms with Crippen molar-refractivity contribution in [1.29, 1.82) is 0 Å². The minimum Gasteiger partial charge on any atom is -0.478 e. The molecule has 0 aromatic rings. The number of carboxylic acid groups (broad SMARTS) is 1. The zero-order valence-electron chi connectivity index (χ0n) is 11.1. The van der Waals surface area contributed by atoms with Crippen LogP contribution in [0.1, 0.15) is 27.2 Å². The second kappa shape index (κ2) is 6.77. The Labute approximate surface area is 104 Å². The first kappa shape index (κ1) is 14.2. The van der Waals surface area contributed by atoms with Crippen molar-refractivity contribution >= 4 is 5.97 Å². The summed E-state index contributed by atoms with van der Waals surface area (Å²) in [6, 6.07) is 0.641. The first-order chi connectivity index (χ1) is 8.06. The van der Waals surface area contributed by atoms with Gasteiger partial charge in [-0.05, 0) is 26.4 Å². The van der Waals surface area contributed by atoms with E-state index < -0.39 is 5.97 Å². The van der Waals surface area contributed by atoms with Gasteiger partial charge in [0.25, 0.3) is 0 Å². The molecule has 1 N–H and O–H groups in total. The molecule has 1 saturated heterocycles. The van der Waals surface area contributed by atoms with Crippen molar-refractivity contribution in [2.75, 3.05) is 32.7 Å². The van der Waals surface area contributed by atoms with Gasteiger partial charge in [0.05, 0.1) is 0 Å². The lowest BCUT2D eigenvalue weighted by Gasteiger charge is -2.26. The van der Waals surface area contributed by atoms with Crippen molar-refractivity contribution in [1.82, 2.24) is 9.80 Å². The molecule has 0 aromatic carbocycles. The fourth-order valence-electron chi connectivity index (χ4n) is 2.60. The molecule has 4 nitrogen and oxygen atoms in total. The van der Waals surface area contributed by atoms with Crippen LogP contribution in [-0.4, -0.2) is 59.6 Å². The van der Waals surface area contributed by atoms with Crippen LogP contribution in [0.3, 0.4) is 0 Å². The summed E-state index contributed by atoms with van der Waals surface area (Å²) in [5.41, 5.74) is 0.928. The van der Waals surface area contributed by atoms with E-state index in [2.05, 4.69) is 23.6 Å². The van der Waals surface area contributed by atoms with Crippen molar-refractivity contribution in [3.63, 3.8) is 0 Å². The molecule has 1 fully saturated rings. The molecule has 1 rings (SSSR count). The average molecular weight is 240 g/mol. The molecule has 0 saturated carbocycles. The summed E-state index contributed by atoms with van der Waals surface area (Å²) in [6.07, 6.45) is 2.51. The maximum atomic E-state index is 10.5. The fraction of sp³-hybridized carbons (Fsp3) is 0.769. The van der Waals surface area contributed by atoms with Crippen molar-refractivity contribution in [3.8, 4) is 0 Å². The van der Waals surface area contributed by atoms with Crippen LogP contribution in [0.5, 0.6) is 0 Å². The summed E-state index contributed by atoms with van der Waals surface area (Å²) in [5.74, 6) is -0.845. The van der Waals surface area contributed by atoms with E-state index in [1.807, 2.05) is 6.92 Å². The molecule has 0 radical (unpaired) electrons. The molecular formula is C13H24N2O2. The highest BCUT2D eigenvalue weighted by Crippen LogP contribution is 2.16. The van der Waals surface area contributed by atoms with Gasteiger partial charge < -0.3 is 5.11 Å². The van der Waals surface area contributed by atoms with Crippen LogP contribution in [0.15, 0.2) is 11.6 Å². The van der Waals surface area contributed by atoms with Crippen molar-refractivity contribution in [2.24, 2.45) is 0 Å². The second-order valence-electron chi connectivity index (χ2n) is 4.73. The third-order valence-electron chi connectivity index (χ3n) is 3.42. The maximum absolute atomic E-state index is 10.5. The highest BCUT2D eigenvalue weighted by Gasteiger charge is 2.25. The maximum Gasteiger partial charge on any atom is 0.328 e. The zero-order valence-corrected chi connectivity index (χ0v) is 11.1. The van der Waals surface area contributed by atoms with Crippen LogP contribution in [0, 0.1) is 0 Å². The van der Waals surface area contributed by atoms with Gasteiger partial charge >= 0.3 is 5.97 Å². The Balaban J connectivity index is 2.43. The number of carboxylic acids is 1. The number of hydrogen-bond acceptors (Lipinski definition) is 3. The van der Waals surface area contributed by atoms with Gasteiger partial charge in [0.15, 0.2) is 0 Å². The normalized spacial score (nSPS) is 22.4. The van der Waals surface area contributed by atoms with Gasteiger partial charge in [-0.2, -0.15) is 0 Å². The molecule has 0 bridgehead atoms. The number of hydrogen-bond donors (Lipinski definition) is 1. The third kappa shape index (κ3) is 4.48. The smallest absolute Gasteiger partial charge is 0.328 e. The molecule has 4 heteroatoms. The Morgan fingerprint density at radius 1 is 1.47 bits per heavy atom. The quantitative estimate of drug-likeness (QED) is 0.713. The Morgan fingerprint density at radius 2 is 2.12 bits per heavy atom. The highest BCUT2D eigenvalue weighted by atomic mass is 16.4. The third-order valence-corrected chi connectivity index (χ3v) is 3.42. The monoisotopic (exact) mass is 240 g/mol. The molecule has 1 aliphatic rings. The van der Waals surface area contributed by atoms with Gasteiger partial charge in [-0.1, -0.05) is 19.4 Å². The van der Waals surface area contributed by atoms with Gasteiger partial charge in [-0.15, -0.1) is 0 Å². The Morgan fingerprint density at radius 3 is 2.65 bits per heavy atom. The van der Waals surface area contributed by atoms with Crippen LogP contribution in [0.25, 0.3) is 0 Å². The summed E-state index contributed by atoms with van der Waals surface area (Å²) in [6.45, 7) is 11.4. The molecule has 0 aromatic heterocycles. The molecule has 0 aliphatic carbocycles. The largest absolute Gasteiger partial charge is 0.478 e. The van der Waals surface area contributed by atoms with Crippen molar-refractivity contribution in [2.45, 2.75) is 33.2 Å². The standard InChI is InChI=1S/C13H24N2O2/c1-4-15(5-2)12-6-7-14(10-12)9-11(3)8-13(16)17/h8,12H,4-7,9-10H2,1-3H3,(H,16,17). The van der Waals surface area contributed by atoms with E-state index in [-0.39, 0.29) is 0 Å². The Kier molecular flexibility index (Phi) is 5.65. The minimum atomic E-state index is -0.845. The summed E-state index contributed by atoms with van der Waals surface area (Å²) in [7, 11) is 0. The molecule has 98 valence electrons. The Bertz CT molecular complexity index is 285. The molecule has 1 aliphatic heterocycles. The molecule has 0 amide bonds. The van der Waals surface area contributed by atoms with Crippen molar-refractivity contribution in [3.05, 3.63) is 11.6 Å². The van der Waals surface area contributed by atoms with E-state index in [0.29, 0.717) is 6.04 Å². The van der Waals surface area contributed by atoms with Crippen LogP contribution in [0.2, 0.25) is 0 Å². The molecule has 17 heavy (non-hydrogen) atoms. The number of likely N-dealkylation sites (tertiary alicyclic amines) is 1. The number of rotatable bonds is 6. The zero-order chi connectivity index (χ0) is 12.8. The predicted molar refractivity (Wildman–Crippen MR) is 69.2 cm³/mol. The van der Waals surface area contributed by atoms with Gasteiger partial charge in [0.1, 0.15) is 0 Å². The number of likely N-dealkylation sites (N-methyl/N-ethyl adjacent to an activating group) is 1. The van der Waals surface area contributed by atoms with Crippen molar-refractivity contribution < 1.29 is 9.90 Å². The summed E-state index contributed by atoms with van der Waals surface area (Å²) in [5, 5.41) is 8.67. The lowest BCUT2D eigenvalue weighted by atomic mass is 10.2. The van der Waals surface area contributed by atoms with Crippen LogP contribution < -0.4 is 0 Å². The number of nitrogens with zero attached hydrogens (tertiary/aromatic N) is 2. The molecular weight excluding hydrogens is 216 g/mol. The SMILES string of the molecule is CCN(CC)C1CCN(CC(C)=CC(=O)O)C1. The average Bonchev–Trinajstić information content (AvgIpc) is 2.67. The van der Waals surface area contributed by atoms with E-state index in [4.69, 9.17) is 5.11 Å². The lowest BCUT2D eigenvalue weighted by Crippen LogP contribution is -2.37. The van der Waals surface area contributed by atoms with E-state index in [0.717, 1.165) is 38.3 Å². The van der Waals surface area contributed by atoms with E-state index in [9.17, 15) is 4.79 Å². The van der Waals surface area contributed by atoms with Crippen LogP contribution in [0.4, 0.5) is 0 Å². The number of aliphatic carboxylic acids is 1. The van der Waals surface area contributed by atoms with Gasteiger partial charge in [-0.3, -0.25) is 9.80 Å². The lowest BCUT2D eigenvalue weighted by molar-refractivity contribution is -0.131. The minimum absolute atomic E-state index is 0.641.